The van der Waals surface area contributed by atoms with Crippen LogP contribution in [0.1, 0.15) is 16.1 Å². The molecule has 2 rings (SSSR count). The number of pyridine rings is 1. The van der Waals surface area contributed by atoms with Crippen LogP contribution in [0.4, 0.5) is 10.1 Å². The van der Waals surface area contributed by atoms with Crippen molar-refractivity contribution in [3.8, 4) is 5.75 Å². The normalized spacial score (nSPS) is 10.2. The molecule has 2 aromatic rings. The predicted octanol–water partition coefficient (Wildman–Crippen LogP) is 3.39. The lowest BCUT2D eigenvalue weighted by Gasteiger charge is -2.11. The second-order valence-corrected chi connectivity index (χ2v) is 5.28. The Kier molecular flexibility index (Phi) is 5.32. The molecule has 0 saturated carbocycles. The monoisotopic (exact) mass is 368 g/mol. The quantitative estimate of drug-likeness (QED) is 0.819. The van der Waals surface area contributed by atoms with Gasteiger partial charge in [-0.3, -0.25) is 0 Å². The Balaban J connectivity index is 2.21. The van der Waals surface area contributed by atoms with Gasteiger partial charge in [0.15, 0.2) is 17.3 Å². The number of methoxy groups -OCH3 is 2. The van der Waals surface area contributed by atoms with Crippen LogP contribution in [-0.2, 0) is 11.3 Å². The minimum atomic E-state index is -0.535. The molecule has 0 bridgehead atoms. The van der Waals surface area contributed by atoms with E-state index in [0.29, 0.717) is 12.2 Å². The molecule has 116 valence electrons. The van der Waals surface area contributed by atoms with Crippen molar-refractivity contribution in [3.63, 3.8) is 0 Å². The van der Waals surface area contributed by atoms with Crippen molar-refractivity contribution in [1.29, 1.82) is 0 Å². The molecule has 5 nitrogen and oxygen atoms in total. The molecule has 0 radical (unpaired) electrons. The SMILES string of the molecule is COC(=O)c1ncc(Br)cc1NCc1ccc(F)c(OC)c1. The minimum absolute atomic E-state index is 0.167. The molecule has 0 fully saturated rings. The summed E-state index contributed by atoms with van der Waals surface area (Å²) in [6.07, 6.45) is 1.51. The highest BCUT2D eigenvalue weighted by Crippen LogP contribution is 2.22. The summed E-state index contributed by atoms with van der Waals surface area (Å²) in [6.45, 7) is 0.374. The van der Waals surface area contributed by atoms with Crippen LogP contribution in [0.15, 0.2) is 34.9 Å². The van der Waals surface area contributed by atoms with Gasteiger partial charge in [0.05, 0.1) is 19.9 Å². The number of carbonyl (C=O) groups excluding carboxylic acids is 1. The zero-order chi connectivity index (χ0) is 16.1. The molecule has 22 heavy (non-hydrogen) atoms. The smallest absolute Gasteiger partial charge is 0.358 e. The van der Waals surface area contributed by atoms with Gasteiger partial charge in [-0.15, -0.1) is 0 Å². The number of rotatable bonds is 5. The van der Waals surface area contributed by atoms with Crippen LogP contribution in [-0.4, -0.2) is 25.2 Å². The van der Waals surface area contributed by atoms with Gasteiger partial charge in [0.25, 0.3) is 0 Å². The van der Waals surface area contributed by atoms with Gasteiger partial charge in [0.2, 0.25) is 0 Å². The van der Waals surface area contributed by atoms with Gasteiger partial charge in [0.1, 0.15) is 0 Å². The Hall–Kier alpha value is -2.15. The highest BCUT2D eigenvalue weighted by molar-refractivity contribution is 9.10. The lowest BCUT2D eigenvalue weighted by molar-refractivity contribution is 0.0595. The van der Waals surface area contributed by atoms with Gasteiger partial charge in [-0.05, 0) is 39.7 Å². The number of esters is 1. The van der Waals surface area contributed by atoms with E-state index in [1.807, 2.05) is 0 Å². The number of benzene rings is 1. The van der Waals surface area contributed by atoms with Gasteiger partial charge >= 0.3 is 5.97 Å². The third kappa shape index (κ3) is 3.73. The lowest BCUT2D eigenvalue weighted by Crippen LogP contribution is -2.10. The molecule has 1 heterocycles. The molecular formula is C15H14BrFN2O3. The summed E-state index contributed by atoms with van der Waals surface area (Å²) >= 11 is 3.30. The van der Waals surface area contributed by atoms with Crippen molar-refractivity contribution in [2.45, 2.75) is 6.54 Å². The number of ether oxygens (including phenoxy) is 2. The minimum Gasteiger partial charge on any atom is -0.494 e. The number of hydrogen-bond donors (Lipinski definition) is 1. The Labute approximate surface area is 135 Å². The maximum Gasteiger partial charge on any atom is 0.358 e. The maximum atomic E-state index is 13.4. The fraction of sp³-hybridized carbons (Fsp3) is 0.200. The zero-order valence-electron chi connectivity index (χ0n) is 12.0. The molecule has 1 N–H and O–H groups in total. The van der Waals surface area contributed by atoms with Crippen LogP contribution in [0.2, 0.25) is 0 Å². The second kappa shape index (κ2) is 7.22. The number of nitrogens with one attached hydrogen (secondary N) is 1. The van der Waals surface area contributed by atoms with Gasteiger partial charge in [0, 0.05) is 17.2 Å². The summed E-state index contributed by atoms with van der Waals surface area (Å²) < 4.78 is 23.7. The molecule has 0 aliphatic heterocycles. The molecule has 0 amide bonds. The Morgan fingerprint density at radius 1 is 1.36 bits per heavy atom. The van der Waals surface area contributed by atoms with Gasteiger partial charge in [-0.2, -0.15) is 0 Å². The third-order valence-electron chi connectivity index (χ3n) is 2.93. The van der Waals surface area contributed by atoms with E-state index in [4.69, 9.17) is 9.47 Å². The number of aromatic nitrogens is 1. The Bertz CT molecular complexity index is 694. The fourth-order valence-electron chi connectivity index (χ4n) is 1.84. The molecule has 7 heteroatoms. The summed E-state index contributed by atoms with van der Waals surface area (Å²) in [4.78, 5) is 15.7. The number of halogens is 2. The second-order valence-electron chi connectivity index (χ2n) is 4.36. The Morgan fingerprint density at radius 2 is 2.14 bits per heavy atom. The summed E-state index contributed by atoms with van der Waals surface area (Å²) in [7, 11) is 2.70. The van der Waals surface area contributed by atoms with Crippen molar-refractivity contribution in [3.05, 3.63) is 52.0 Å². The molecule has 1 aromatic carbocycles. The van der Waals surface area contributed by atoms with Crippen molar-refractivity contribution < 1.29 is 18.7 Å². The molecule has 0 aliphatic rings. The number of nitrogens with zero attached hydrogens (tertiary/aromatic N) is 1. The standard InChI is InChI=1S/C15H14BrFN2O3/c1-21-13-5-9(3-4-11(13)17)7-18-12-6-10(16)8-19-14(12)15(20)22-2/h3-6,8,18H,7H2,1-2H3. The van der Waals surface area contributed by atoms with E-state index in [2.05, 4.69) is 26.2 Å². The molecular weight excluding hydrogens is 355 g/mol. The average Bonchev–Trinajstić information content (AvgIpc) is 2.53. The summed E-state index contributed by atoms with van der Waals surface area (Å²) in [5, 5.41) is 3.09. The van der Waals surface area contributed by atoms with Crippen molar-refractivity contribution in [1.82, 2.24) is 4.98 Å². The van der Waals surface area contributed by atoms with E-state index < -0.39 is 11.8 Å². The van der Waals surface area contributed by atoms with Gasteiger partial charge < -0.3 is 14.8 Å². The first-order valence-electron chi connectivity index (χ1n) is 6.35. The van der Waals surface area contributed by atoms with Crippen LogP contribution >= 0.6 is 15.9 Å². The van der Waals surface area contributed by atoms with E-state index >= 15 is 0 Å². The van der Waals surface area contributed by atoms with Gasteiger partial charge in [-0.25, -0.2) is 14.2 Å². The van der Waals surface area contributed by atoms with E-state index in [1.165, 1.54) is 26.5 Å². The fourth-order valence-corrected chi connectivity index (χ4v) is 2.18. The first-order valence-corrected chi connectivity index (χ1v) is 7.14. The first-order chi connectivity index (χ1) is 10.5. The summed E-state index contributed by atoms with van der Waals surface area (Å²) in [5.41, 5.74) is 1.50. The summed E-state index contributed by atoms with van der Waals surface area (Å²) in [6, 6.07) is 6.27. The summed E-state index contributed by atoms with van der Waals surface area (Å²) in [5.74, 6) is -0.794. The molecule has 0 saturated heterocycles. The number of anilines is 1. The molecule has 0 unspecified atom stereocenters. The van der Waals surface area contributed by atoms with E-state index in [-0.39, 0.29) is 11.4 Å². The third-order valence-corrected chi connectivity index (χ3v) is 3.37. The van der Waals surface area contributed by atoms with Crippen molar-refractivity contribution >= 4 is 27.6 Å². The van der Waals surface area contributed by atoms with E-state index in [9.17, 15) is 9.18 Å². The van der Waals surface area contributed by atoms with Crippen LogP contribution in [0, 0.1) is 5.82 Å². The van der Waals surface area contributed by atoms with Gasteiger partial charge in [-0.1, -0.05) is 6.07 Å². The number of hydrogen-bond acceptors (Lipinski definition) is 5. The highest BCUT2D eigenvalue weighted by atomic mass is 79.9. The molecule has 0 aliphatic carbocycles. The highest BCUT2D eigenvalue weighted by Gasteiger charge is 2.14. The predicted molar refractivity (Wildman–Crippen MR) is 83.6 cm³/mol. The molecule has 1 aromatic heterocycles. The maximum absolute atomic E-state index is 13.4. The van der Waals surface area contributed by atoms with Crippen molar-refractivity contribution in [2.24, 2.45) is 0 Å². The average molecular weight is 369 g/mol. The lowest BCUT2D eigenvalue weighted by atomic mass is 10.2. The zero-order valence-corrected chi connectivity index (χ0v) is 13.6. The van der Waals surface area contributed by atoms with Crippen LogP contribution in [0.3, 0.4) is 0 Å². The van der Waals surface area contributed by atoms with Crippen LogP contribution < -0.4 is 10.1 Å². The van der Waals surface area contributed by atoms with Crippen LogP contribution in [0.25, 0.3) is 0 Å². The topological polar surface area (TPSA) is 60.5 Å². The first kappa shape index (κ1) is 16.2. The number of carbonyl (C=O) groups is 1. The van der Waals surface area contributed by atoms with E-state index in [1.54, 1.807) is 18.2 Å². The molecule has 0 spiro atoms. The Morgan fingerprint density at radius 3 is 2.82 bits per heavy atom. The van der Waals surface area contributed by atoms with Crippen LogP contribution in [0.5, 0.6) is 5.75 Å². The molecule has 0 atom stereocenters. The van der Waals surface area contributed by atoms with E-state index in [0.717, 1.165) is 10.0 Å². The van der Waals surface area contributed by atoms with Crippen molar-refractivity contribution in [2.75, 3.05) is 19.5 Å². The largest absolute Gasteiger partial charge is 0.494 e.